The van der Waals surface area contributed by atoms with E-state index in [1.165, 1.54) is 36.4 Å². The van der Waals surface area contributed by atoms with Gasteiger partial charge in [-0.25, -0.2) is 16.8 Å². The molecule has 0 radical (unpaired) electrons. The number of anilines is 4. The van der Waals surface area contributed by atoms with Gasteiger partial charge in [-0.2, -0.15) is 0 Å². The largest absolute Gasteiger partial charge is 0.397 e. The SMILES string of the molecule is CC(C)CN1CCC(S(=O)(=O)c2ccc(C(=O)Nc3cccc(CC(C)(C)CN4CCC(S(=O)(=O)c5ccc(C(=O)Nc6ccccc6N)cc5)CC4)c3N)cc2)CC1. The van der Waals surface area contributed by atoms with E-state index in [2.05, 4.69) is 48.1 Å². The number of para-hydroxylation sites is 3. The number of benzene rings is 4. The summed E-state index contributed by atoms with van der Waals surface area (Å²) >= 11 is 0. The Morgan fingerprint density at radius 2 is 1.12 bits per heavy atom. The zero-order valence-corrected chi connectivity index (χ0v) is 36.1. The molecule has 4 aromatic carbocycles. The molecule has 59 heavy (non-hydrogen) atoms. The Kier molecular flexibility index (Phi) is 13.5. The first-order valence-corrected chi connectivity index (χ1v) is 23.5. The zero-order chi connectivity index (χ0) is 42.5. The summed E-state index contributed by atoms with van der Waals surface area (Å²) in [7, 11) is -7.11. The van der Waals surface area contributed by atoms with Gasteiger partial charge >= 0.3 is 0 Å². The Bertz CT molecular complexity index is 2330. The number of piperidine rings is 2. The topological polar surface area (TPSA) is 185 Å². The molecule has 0 saturated carbocycles. The van der Waals surface area contributed by atoms with E-state index >= 15 is 0 Å². The average Bonchev–Trinajstić information content (AvgIpc) is 3.20. The second kappa shape index (κ2) is 18.2. The lowest BCUT2D eigenvalue weighted by Gasteiger charge is -2.37. The summed E-state index contributed by atoms with van der Waals surface area (Å²) in [4.78, 5) is 31.1. The Labute approximate surface area is 349 Å². The minimum Gasteiger partial charge on any atom is -0.397 e. The lowest BCUT2D eigenvalue weighted by Crippen LogP contribution is -2.43. The van der Waals surface area contributed by atoms with Crippen molar-refractivity contribution in [3.05, 3.63) is 108 Å². The fourth-order valence-corrected chi connectivity index (χ4v) is 11.8. The van der Waals surface area contributed by atoms with Crippen molar-refractivity contribution in [3.63, 3.8) is 0 Å². The van der Waals surface area contributed by atoms with Crippen molar-refractivity contribution in [2.75, 3.05) is 61.4 Å². The van der Waals surface area contributed by atoms with Crippen LogP contribution in [0.3, 0.4) is 0 Å². The number of nitrogens with two attached hydrogens (primary N) is 2. The normalized spacial score (nSPS) is 16.6. The Morgan fingerprint density at radius 3 is 1.61 bits per heavy atom. The molecule has 2 heterocycles. The van der Waals surface area contributed by atoms with E-state index in [9.17, 15) is 26.4 Å². The quantitative estimate of drug-likeness (QED) is 0.0990. The minimum atomic E-state index is -3.60. The molecular formula is C45H58N6O6S2. The second-order valence-corrected chi connectivity index (χ2v) is 21.7. The predicted octanol–water partition coefficient (Wildman–Crippen LogP) is 6.76. The molecule has 2 aliphatic heterocycles. The monoisotopic (exact) mass is 842 g/mol. The molecule has 0 unspecified atom stereocenters. The molecule has 12 nitrogen and oxygen atoms in total. The fraction of sp³-hybridized carbons (Fsp3) is 0.422. The molecule has 4 aromatic rings. The van der Waals surface area contributed by atoms with Crippen molar-refractivity contribution < 1.29 is 26.4 Å². The van der Waals surface area contributed by atoms with Crippen molar-refractivity contribution in [3.8, 4) is 0 Å². The highest BCUT2D eigenvalue weighted by Gasteiger charge is 2.34. The molecule has 2 aliphatic rings. The summed E-state index contributed by atoms with van der Waals surface area (Å²) in [6, 6.07) is 24.7. The number of hydrogen-bond donors (Lipinski definition) is 4. The third-order valence-electron chi connectivity index (χ3n) is 11.4. The molecule has 6 rings (SSSR count). The Balaban J connectivity index is 1.00. The van der Waals surface area contributed by atoms with Crippen LogP contribution in [0.2, 0.25) is 0 Å². The molecule has 0 aromatic heterocycles. The van der Waals surface area contributed by atoms with Crippen molar-refractivity contribution in [1.82, 2.24) is 9.80 Å². The summed E-state index contributed by atoms with van der Waals surface area (Å²) < 4.78 is 54.1. The van der Waals surface area contributed by atoms with Crippen LogP contribution in [0.25, 0.3) is 0 Å². The maximum Gasteiger partial charge on any atom is 0.255 e. The summed E-state index contributed by atoms with van der Waals surface area (Å²) in [5, 5.41) is 4.72. The summed E-state index contributed by atoms with van der Waals surface area (Å²) in [5.74, 6) is -0.221. The number of rotatable bonds is 14. The molecule has 14 heteroatoms. The van der Waals surface area contributed by atoms with Gasteiger partial charge in [0.1, 0.15) is 0 Å². The number of likely N-dealkylation sites (tertiary alicyclic amines) is 2. The zero-order valence-electron chi connectivity index (χ0n) is 34.5. The van der Waals surface area contributed by atoms with E-state index < -0.39 is 30.2 Å². The number of nitrogens with one attached hydrogen (secondary N) is 2. The highest BCUT2D eigenvalue weighted by atomic mass is 32.2. The standard InChI is InChI=1S/C45H58N6O6S2/c1-31(2)29-50-24-20-37(21-25-50)58(54,55)35-18-14-33(15-19-35)44(53)49-41-11-7-8-34(42(41)47)28-45(3,4)30-51-26-22-38(23-27-51)59(56,57)36-16-12-32(13-17-36)43(52)48-40-10-6-5-9-39(40)46/h5-19,31,37-38H,20-30,46-47H2,1-4H3,(H,48,52)(H,49,53). The van der Waals surface area contributed by atoms with Gasteiger partial charge in [0.05, 0.1) is 43.0 Å². The van der Waals surface area contributed by atoms with E-state index in [4.69, 9.17) is 11.5 Å². The number of amides is 2. The van der Waals surface area contributed by atoms with Crippen molar-refractivity contribution in [2.24, 2.45) is 11.3 Å². The number of hydrogen-bond acceptors (Lipinski definition) is 10. The maximum atomic E-state index is 13.6. The van der Waals surface area contributed by atoms with E-state index in [0.717, 1.165) is 31.7 Å². The van der Waals surface area contributed by atoms with E-state index in [0.29, 0.717) is 85.0 Å². The molecule has 0 atom stereocenters. The van der Waals surface area contributed by atoms with Gasteiger partial charge in [0.2, 0.25) is 0 Å². The van der Waals surface area contributed by atoms with Crippen LogP contribution in [0, 0.1) is 11.3 Å². The highest BCUT2D eigenvalue weighted by Crippen LogP contribution is 2.33. The lowest BCUT2D eigenvalue weighted by molar-refractivity contribution is 0.101. The molecule has 0 bridgehead atoms. The Hall–Kier alpha value is -4.76. The van der Waals surface area contributed by atoms with Crippen LogP contribution in [0.15, 0.2) is 101 Å². The number of sulfone groups is 2. The van der Waals surface area contributed by atoms with Gasteiger partial charge in [-0.05, 0) is 142 Å². The third kappa shape index (κ3) is 10.7. The average molecular weight is 843 g/mol. The van der Waals surface area contributed by atoms with Crippen LogP contribution < -0.4 is 22.1 Å². The first-order valence-electron chi connectivity index (χ1n) is 20.4. The van der Waals surface area contributed by atoms with E-state index in [1.807, 2.05) is 12.1 Å². The molecule has 316 valence electrons. The molecular weight excluding hydrogens is 785 g/mol. The number of carbonyl (C=O) groups is 2. The maximum absolute atomic E-state index is 13.6. The van der Waals surface area contributed by atoms with Gasteiger partial charge in [-0.1, -0.05) is 52.0 Å². The van der Waals surface area contributed by atoms with E-state index in [-0.39, 0.29) is 27.0 Å². The number of nitrogens with zero attached hydrogens (tertiary/aromatic N) is 2. The van der Waals surface area contributed by atoms with Gasteiger partial charge in [-0.3, -0.25) is 9.59 Å². The molecule has 2 amide bonds. The van der Waals surface area contributed by atoms with Crippen molar-refractivity contribution >= 4 is 54.2 Å². The molecule has 2 saturated heterocycles. The third-order valence-corrected chi connectivity index (χ3v) is 16.0. The van der Waals surface area contributed by atoms with Crippen LogP contribution in [0.1, 0.15) is 79.7 Å². The lowest BCUT2D eigenvalue weighted by atomic mass is 9.84. The molecule has 0 spiro atoms. The Morgan fingerprint density at radius 1 is 0.661 bits per heavy atom. The predicted molar refractivity (Wildman–Crippen MR) is 236 cm³/mol. The highest BCUT2D eigenvalue weighted by molar-refractivity contribution is 7.92. The minimum absolute atomic E-state index is 0.197. The van der Waals surface area contributed by atoms with Crippen molar-refractivity contribution in [2.45, 2.75) is 80.1 Å². The van der Waals surface area contributed by atoms with E-state index in [1.54, 1.807) is 42.5 Å². The summed E-state index contributed by atoms with van der Waals surface area (Å²) in [5.41, 5.74) is 15.8. The van der Waals surface area contributed by atoms with Gasteiger partial charge in [0.25, 0.3) is 11.8 Å². The van der Waals surface area contributed by atoms with Gasteiger partial charge in [0, 0.05) is 24.2 Å². The fourth-order valence-electron chi connectivity index (χ4n) is 8.33. The van der Waals surface area contributed by atoms with Crippen molar-refractivity contribution in [1.29, 1.82) is 0 Å². The number of carbonyl (C=O) groups excluding carboxylic acids is 2. The summed E-state index contributed by atoms with van der Waals surface area (Å²) in [6.45, 7) is 13.1. The first-order chi connectivity index (χ1) is 27.9. The summed E-state index contributed by atoms with van der Waals surface area (Å²) in [6.07, 6.45) is 2.80. The molecule has 0 aliphatic carbocycles. The van der Waals surface area contributed by atoms with Crippen LogP contribution in [0.5, 0.6) is 0 Å². The second-order valence-electron chi connectivity index (χ2n) is 17.2. The van der Waals surface area contributed by atoms with Gasteiger partial charge in [-0.15, -0.1) is 0 Å². The van der Waals surface area contributed by atoms with Crippen LogP contribution in [-0.4, -0.2) is 88.2 Å². The molecule has 2 fully saturated rings. The van der Waals surface area contributed by atoms with Crippen LogP contribution >= 0.6 is 0 Å². The number of nitrogen functional groups attached to an aromatic ring is 2. The smallest absolute Gasteiger partial charge is 0.255 e. The van der Waals surface area contributed by atoms with Gasteiger partial charge < -0.3 is 31.9 Å². The molecule has 6 N–H and O–H groups in total. The van der Waals surface area contributed by atoms with Crippen LogP contribution in [0.4, 0.5) is 22.7 Å². The van der Waals surface area contributed by atoms with Crippen LogP contribution in [-0.2, 0) is 26.1 Å². The van der Waals surface area contributed by atoms with Gasteiger partial charge in [0.15, 0.2) is 19.7 Å². The first kappa shape index (κ1) is 43.8.